The molecule has 2 aromatic carbocycles. The Morgan fingerprint density at radius 1 is 1.09 bits per heavy atom. The van der Waals surface area contributed by atoms with Crippen molar-refractivity contribution in [2.75, 3.05) is 24.5 Å². The standard InChI is InChI=1S/C24H30N4O3S/c1-4-23-25-20-11-7-8-12-22(20)28(23)17-24(29)27-15-9-10-18-16-19(13-14-21(18)27)32(30,31)26(5-2)6-3/h7-8,11-14,16H,4-6,9-10,15,17H2,1-3H3. The molecule has 0 bridgehead atoms. The quantitative estimate of drug-likeness (QED) is 0.547. The highest BCUT2D eigenvalue weighted by molar-refractivity contribution is 7.89. The summed E-state index contributed by atoms with van der Waals surface area (Å²) in [6.07, 6.45) is 2.30. The van der Waals surface area contributed by atoms with Crippen molar-refractivity contribution in [1.29, 1.82) is 0 Å². The van der Waals surface area contributed by atoms with Crippen molar-refractivity contribution < 1.29 is 13.2 Å². The van der Waals surface area contributed by atoms with E-state index >= 15 is 0 Å². The Morgan fingerprint density at radius 3 is 2.56 bits per heavy atom. The predicted molar refractivity (Wildman–Crippen MR) is 126 cm³/mol. The van der Waals surface area contributed by atoms with Gasteiger partial charge in [0.05, 0.1) is 15.9 Å². The molecule has 0 saturated heterocycles. The third kappa shape index (κ3) is 3.93. The number of aromatic nitrogens is 2. The van der Waals surface area contributed by atoms with Gasteiger partial charge in [0.1, 0.15) is 12.4 Å². The first kappa shape index (κ1) is 22.5. The van der Waals surface area contributed by atoms with Gasteiger partial charge in [0.2, 0.25) is 15.9 Å². The number of sulfonamides is 1. The molecular formula is C24H30N4O3S. The largest absolute Gasteiger partial charge is 0.318 e. The fraction of sp³-hybridized carbons (Fsp3) is 0.417. The van der Waals surface area contributed by atoms with Gasteiger partial charge in [0.25, 0.3) is 0 Å². The molecule has 8 heteroatoms. The van der Waals surface area contributed by atoms with Crippen LogP contribution in [0.3, 0.4) is 0 Å². The van der Waals surface area contributed by atoms with Crippen LogP contribution in [0.2, 0.25) is 0 Å². The minimum atomic E-state index is -3.53. The first-order valence-corrected chi connectivity index (χ1v) is 12.7. The van der Waals surface area contributed by atoms with Crippen LogP contribution in [-0.4, -0.2) is 47.8 Å². The number of benzene rings is 2. The van der Waals surface area contributed by atoms with E-state index < -0.39 is 10.0 Å². The molecular weight excluding hydrogens is 424 g/mol. The third-order valence-corrected chi connectivity index (χ3v) is 8.20. The van der Waals surface area contributed by atoms with E-state index in [1.807, 2.05) is 49.6 Å². The third-order valence-electron chi connectivity index (χ3n) is 6.16. The van der Waals surface area contributed by atoms with E-state index in [1.54, 1.807) is 23.1 Å². The first-order valence-electron chi connectivity index (χ1n) is 11.3. The van der Waals surface area contributed by atoms with Crippen molar-refractivity contribution in [3.05, 3.63) is 53.9 Å². The highest BCUT2D eigenvalue weighted by Gasteiger charge is 2.27. The van der Waals surface area contributed by atoms with Gasteiger partial charge in [-0.05, 0) is 48.7 Å². The molecule has 1 aromatic heterocycles. The smallest absolute Gasteiger partial charge is 0.246 e. The second kappa shape index (κ2) is 9.03. The molecule has 170 valence electrons. The number of fused-ring (bicyclic) bond motifs is 2. The predicted octanol–water partition coefficient (Wildman–Crippen LogP) is 3.61. The number of hydrogen-bond acceptors (Lipinski definition) is 4. The number of para-hydroxylation sites is 2. The second-order valence-corrected chi connectivity index (χ2v) is 9.92. The molecule has 0 atom stereocenters. The molecule has 0 N–H and O–H groups in total. The van der Waals surface area contributed by atoms with E-state index in [4.69, 9.17) is 0 Å². The van der Waals surface area contributed by atoms with Crippen molar-refractivity contribution in [3.63, 3.8) is 0 Å². The lowest BCUT2D eigenvalue weighted by molar-refractivity contribution is -0.119. The summed E-state index contributed by atoms with van der Waals surface area (Å²) in [5.74, 6) is 0.876. The van der Waals surface area contributed by atoms with Crippen LogP contribution in [0.4, 0.5) is 5.69 Å². The van der Waals surface area contributed by atoms with Crippen molar-refractivity contribution in [3.8, 4) is 0 Å². The number of anilines is 1. The molecule has 0 aliphatic carbocycles. The van der Waals surface area contributed by atoms with Gasteiger partial charge in [-0.15, -0.1) is 0 Å². The molecule has 0 saturated carbocycles. The molecule has 4 rings (SSSR count). The van der Waals surface area contributed by atoms with Crippen molar-refractivity contribution in [2.45, 2.75) is 51.5 Å². The van der Waals surface area contributed by atoms with Gasteiger partial charge in [-0.2, -0.15) is 4.31 Å². The van der Waals surface area contributed by atoms with E-state index in [1.165, 1.54) is 4.31 Å². The topological polar surface area (TPSA) is 75.5 Å². The monoisotopic (exact) mass is 454 g/mol. The molecule has 3 aromatic rings. The molecule has 0 unspecified atom stereocenters. The van der Waals surface area contributed by atoms with Crippen molar-refractivity contribution >= 4 is 32.7 Å². The van der Waals surface area contributed by atoms with Crippen molar-refractivity contribution in [1.82, 2.24) is 13.9 Å². The summed E-state index contributed by atoms with van der Waals surface area (Å²) in [5, 5.41) is 0. The second-order valence-electron chi connectivity index (χ2n) is 7.99. The lowest BCUT2D eigenvalue weighted by Crippen LogP contribution is -2.38. The molecule has 32 heavy (non-hydrogen) atoms. The number of hydrogen-bond donors (Lipinski definition) is 0. The summed E-state index contributed by atoms with van der Waals surface area (Å²) in [7, 11) is -3.53. The van der Waals surface area contributed by atoms with E-state index in [9.17, 15) is 13.2 Å². The van der Waals surface area contributed by atoms with Crippen LogP contribution in [0.5, 0.6) is 0 Å². The molecule has 7 nitrogen and oxygen atoms in total. The Balaban J connectivity index is 1.65. The zero-order chi connectivity index (χ0) is 22.9. The van der Waals surface area contributed by atoms with Gasteiger partial charge in [-0.1, -0.05) is 32.9 Å². The fourth-order valence-electron chi connectivity index (χ4n) is 4.50. The molecule has 1 aliphatic rings. The minimum absolute atomic E-state index is 0.0110. The lowest BCUT2D eigenvalue weighted by atomic mass is 10.0. The number of amides is 1. The van der Waals surface area contributed by atoms with Crippen molar-refractivity contribution in [2.24, 2.45) is 0 Å². The van der Waals surface area contributed by atoms with Crippen LogP contribution in [0, 0.1) is 0 Å². The Labute approximate surface area is 189 Å². The van der Waals surface area contributed by atoms with Gasteiger partial charge in [0.15, 0.2) is 0 Å². The van der Waals surface area contributed by atoms with Crippen LogP contribution >= 0.6 is 0 Å². The maximum atomic E-state index is 13.4. The number of rotatable bonds is 7. The Bertz CT molecular complexity index is 1250. The van der Waals surface area contributed by atoms with Gasteiger partial charge in [-0.3, -0.25) is 4.79 Å². The molecule has 0 spiro atoms. The summed E-state index contributed by atoms with van der Waals surface area (Å²) in [6.45, 7) is 7.41. The number of nitrogens with zero attached hydrogens (tertiary/aromatic N) is 4. The Morgan fingerprint density at radius 2 is 1.84 bits per heavy atom. The van der Waals surface area contributed by atoms with Crippen LogP contribution in [0.25, 0.3) is 11.0 Å². The molecule has 1 aliphatic heterocycles. The molecule has 1 amide bonds. The zero-order valence-corrected chi connectivity index (χ0v) is 19.7. The summed E-state index contributed by atoms with van der Waals surface area (Å²) < 4.78 is 29.3. The summed E-state index contributed by atoms with van der Waals surface area (Å²) in [4.78, 5) is 20.1. The van der Waals surface area contributed by atoms with E-state index in [0.717, 1.165) is 47.4 Å². The number of carbonyl (C=O) groups is 1. The van der Waals surface area contributed by atoms with Crippen LogP contribution < -0.4 is 4.90 Å². The minimum Gasteiger partial charge on any atom is -0.318 e. The van der Waals surface area contributed by atoms with Gasteiger partial charge in [0, 0.05) is 31.7 Å². The number of aryl methyl sites for hydroxylation is 2. The zero-order valence-electron chi connectivity index (χ0n) is 18.9. The highest BCUT2D eigenvalue weighted by atomic mass is 32.2. The summed E-state index contributed by atoms with van der Waals surface area (Å²) >= 11 is 0. The van der Waals surface area contributed by atoms with Gasteiger partial charge >= 0.3 is 0 Å². The Kier molecular flexibility index (Phi) is 6.35. The van der Waals surface area contributed by atoms with E-state index in [2.05, 4.69) is 4.98 Å². The van der Waals surface area contributed by atoms with Gasteiger partial charge in [-0.25, -0.2) is 13.4 Å². The van der Waals surface area contributed by atoms with Gasteiger partial charge < -0.3 is 9.47 Å². The maximum Gasteiger partial charge on any atom is 0.246 e. The maximum absolute atomic E-state index is 13.4. The number of carbonyl (C=O) groups excluding carboxylic acids is 1. The van der Waals surface area contributed by atoms with E-state index in [-0.39, 0.29) is 12.5 Å². The molecule has 0 radical (unpaired) electrons. The number of imidazole rings is 1. The fourth-order valence-corrected chi connectivity index (χ4v) is 6.01. The first-order chi connectivity index (χ1) is 15.4. The SMILES string of the molecule is CCc1nc2ccccc2n1CC(=O)N1CCCc2cc(S(=O)(=O)N(CC)CC)ccc21. The van der Waals surface area contributed by atoms with Crippen LogP contribution in [0.15, 0.2) is 47.4 Å². The average Bonchev–Trinajstić information content (AvgIpc) is 3.16. The van der Waals surface area contributed by atoms with Crippen LogP contribution in [0.1, 0.15) is 38.6 Å². The average molecular weight is 455 g/mol. The van der Waals surface area contributed by atoms with Crippen LogP contribution in [-0.2, 0) is 34.2 Å². The van der Waals surface area contributed by atoms with E-state index in [0.29, 0.717) is 24.5 Å². The highest BCUT2D eigenvalue weighted by Crippen LogP contribution is 2.31. The Hall–Kier alpha value is -2.71. The molecule has 2 heterocycles. The normalized spacial score (nSPS) is 14.2. The summed E-state index contributed by atoms with van der Waals surface area (Å²) in [5.41, 5.74) is 3.56. The summed E-state index contributed by atoms with van der Waals surface area (Å²) in [6, 6.07) is 13.0. The lowest BCUT2D eigenvalue weighted by Gasteiger charge is -2.30. The molecule has 0 fully saturated rings.